The average molecular weight is 231 g/mol. The minimum Gasteiger partial charge on any atom is -0.285 e. The lowest BCUT2D eigenvalue weighted by Gasteiger charge is -2.26. The summed E-state index contributed by atoms with van der Waals surface area (Å²) < 4.78 is 24.5. The number of rotatable bonds is 3. The summed E-state index contributed by atoms with van der Waals surface area (Å²) >= 11 is 0. The van der Waals surface area contributed by atoms with Gasteiger partial charge in [0.15, 0.2) is 0 Å². The van der Waals surface area contributed by atoms with E-state index in [1.165, 1.54) is 4.31 Å². The Bertz CT molecular complexity index is 403. The molecule has 0 aliphatic heterocycles. The second-order valence-corrected chi connectivity index (χ2v) is 7.28. The fourth-order valence-corrected chi connectivity index (χ4v) is 2.43. The van der Waals surface area contributed by atoms with E-state index in [9.17, 15) is 8.42 Å². The van der Waals surface area contributed by atoms with Crippen molar-refractivity contribution in [1.82, 2.24) is 14.5 Å². The molecule has 0 atom stereocenters. The van der Waals surface area contributed by atoms with Gasteiger partial charge in [0.1, 0.15) is 0 Å². The first kappa shape index (κ1) is 12.2. The Balaban J connectivity index is 2.82. The van der Waals surface area contributed by atoms with Crippen LogP contribution in [0.5, 0.6) is 0 Å². The number of hydrogen-bond donors (Lipinski definition) is 1. The van der Waals surface area contributed by atoms with Crippen molar-refractivity contribution in [2.75, 3.05) is 7.05 Å². The van der Waals surface area contributed by atoms with Gasteiger partial charge < -0.3 is 0 Å². The zero-order valence-electron chi connectivity index (χ0n) is 9.48. The molecular weight excluding hydrogens is 214 g/mol. The number of aromatic amines is 1. The Morgan fingerprint density at radius 1 is 1.47 bits per heavy atom. The second kappa shape index (κ2) is 3.94. The van der Waals surface area contributed by atoms with Crippen LogP contribution in [0.25, 0.3) is 0 Å². The fourth-order valence-electron chi connectivity index (χ4n) is 1.17. The molecule has 0 spiro atoms. The van der Waals surface area contributed by atoms with Gasteiger partial charge in [-0.05, 0) is 20.8 Å². The summed E-state index contributed by atoms with van der Waals surface area (Å²) in [4.78, 5) is 0. The molecular formula is C9H17N3O2S. The van der Waals surface area contributed by atoms with Crippen molar-refractivity contribution in [3.8, 4) is 0 Å². The van der Waals surface area contributed by atoms with E-state index < -0.39 is 14.8 Å². The van der Waals surface area contributed by atoms with E-state index in [-0.39, 0.29) is 0 Å². The molecule has 0 aliphatic rings. The van der Waals surface area contributed by atoms with Crippen LogP contribution < -0.4 is 0 Å². The molecule has 15 heavy (non-hydrogen) atoms. The molecule has 0 unspecified atom stereocenters. The predicted molar refractivity (Wildman–Crippen MR) is 58.7 cm³/mol. The minimum atomic E-state index is -3.26. The first-order valence-electron chi connectivity index (χ1n) is 4.68. The summed E-state index contributed by atoms with van der Waals surface area (Å²) in [6.07, 6.45) is 3.31. The number of sulfonamides is 1. The SMILES string of the molecule is CN(Cc1cn[nH]c1)S(=O)(=O)C(C)(C)C. The predicted octanol–water partition coefficient (Wildman–Crippen LogP) is 0.970. The zero-order chi connectivity index (χ0) is 11.7. The molecule has 0 amide bonds. The molecule has 0 fully saturated rings. The highest BCUT2D eigenvalue weighted by molar-refractivity contribution is 7.90. The molecule has 0 saturated heterocycles. The minimum absolute atomic E-state index is 0.343. The highest BCUT2D eigenvalue weighted by Gasteiger charge is 2.32. The molecule has 0 radical (unpaired) electrons. The van der Waals surface area contributed by atoms with Crippen LogP contribution in [0.1, 0.15) is 26.3 Å². The normalized spacial score (nSPS) is 13.4. The Morgan fingerprint density at radius 2 is 2.07 bits per heavy atom. The summed E-state index contributed by atoms with van der Waals surface area (Å²) in [6.45, 7) is 5.41. The molecule has 0 aliphatic carbocycles. The lowest BCUT2D eigenvalue weighted by Crippen LogP contribution is -2.40. The summed E-state index contributed by atoms with van der Waals surface area (Å²) in [5.41, 5.74) is 0.852. The van der Waals surface area contributed by atoms with Crippen LogP contribution in [0, 0.1) is 0 Å². The third-order valence-corrected chi connectivity index (χ3v) is 4.64. The Hall–Kier alpha value is -0.880. The van der Waals surface area contributed by atoms with E-state index in [4.69, 9.17) is 0 Å². The molecule has 6 heteroatoms. The summed E-state index contributed by atoms with van der Waals surface area (Å²) in [5.74, 6) is 0. The van der Waals surface area contributed by atoms with Crippen molar-refractivity contribution in [2.24, 2.45) is 0 Å². The van der Waals surface area contributed by atoms with E-state index in [1.807, 2.05) is 0 Å². The van der Waals surface area contributed by atoms with Crippen LogP contribution >= 0.6 is 0 Å². The highest BCUT2D eigenvalue weighted by atomic mass is 32.2. The molecule has 0 bridgehead atoms. The Kier molecular flexibility index (Phi) is 3.20. The van der Waals surface area contributed by atoms with E-state index in [1.54, 1.807) is 40.2 Å². The maximum atomic E-state index is 12.0. The largest absolute Gasteiger partial charge is 0.285 e. The van der Waals surface area contributed by atoms with Gasteiger partial charge in [-0.3, -0.25) is 5.10 Å². The third kappa shape index (κ3) is 2.57. The molecule has 1 heterocycles. The van der Waals surface area contributed by atoms with Crippen LogP contribution in [0.4, 0.5) is 0 Å². The first-order chi connectivity index (χ1) is 6.75. The van der Waals surface area contributed by atoms with Crippen LogP contribution in [-0.4, -0.2) is 34.7 Å². The molecule has 0 aromatic carbocycles. The first-order valence-corrected chi connectivity index (χ1v) is 6.12. The molecule has 1 aromatic heterocycles. The topological polar surface area (TPSA) is 66.1 Å². The van der Waals surface area contributed by atoms with E-state index in [0.717, 1.165) is 5.56 Å². The molecule has 1 rings (SSSR count). The number of hydrogen-bond acceptors (Lipinski definition) is 3. The van der Waals surface area contributed by atoms with Gasteiger partial charge in [-0.15, -0.1) is 0 Å². The van der Waals surface area contributed by atoms with Gasteiger partial charge >= 0.3 is 0 Å². The van der Waals surface area contributed by atoms with Gasteiger partial charge in [0, 0.05) is 25.4 Å². The van der Waals surface area contributed by atoms with E-state index in [0.29, 0.717) is 6.54 Å². The van der Waals surface area contributed by atoms with Crippen molar-refractivity contribution in [3.63, 3.8) is 0 Å². The van der Waals surface area contributed by atoms with E-state index in [2.05, 4.69) is 10.2 Å². The third-order valence-electron chi connectivity index (χ3n) is 2.14. The van der Waals surface area contributed by atoms with Gasteiger partial charge in [-0.25, -0.2) is 12.7 Å². The lowest BCUT2D eigenvalue weighted by molar-refractivity contribution is 0.442. The van der Waals surface area contributed by atoms with Crippen molar-refractivity contribution in [1.29, 1.82) is 0 Å². The lowest BCUT2D eigenvalue weighted by atomic mass is 10.3. The fraction of sp³-hybridized carbons (Fsp3) is 0.667. The second-order valence-electron chi connectivity index (χ2n) is 4.48. The quantitative estimate of drug-likeness (QED) is 0.843. The smallest absolute Gasteiger partial charge is 0.219 e. The van der Waals surface area contributed by atoms with Gasteiger partial charge in [0.05, 0.1) is 10.9 Å². The maximum Gasteiger partial charge on any atom is 0.219 e. The monoisotopic (exact) mass is 231 g/mol. The summed E-state index contributed by atoms with van der Waals surface area (Å²) in [7, 11) is -1.68. The summed E-state index contributed by atoms with van der Waals surface area (Å²) in [5, 5.41) is 6.43. The van der Waals surface area contributed by atoms with Gasteiger partial charge in [-0.2, -0.15) is 5.10 Å². The number of nitrogens with one attached hydrogen (secondary N) is 1. The highest BCUT2D eigenvalue weighted by Crippen LogP contribution is 2.20. The van der Waals surface area contributed by atoms with Crippen LogP contribution in [0.15, 0.2) is 12.4 Å². The van der Waals surface area contributed by atoms with Crippen LogP contribution in [-0.2, 0) is 16.6 Å². The molecule has 0 saturated carbocycles. The van der Waals surface area contributed by atoms with Gasteiger partial charge in [-0.1, -0.05) is 0 Å². The standard InChI is InChI=1S/C9H17N3O2S/c1-9(2,3)15(13,14)12(4)7-8-5-10-11-6-8/h5-6H,7H2,1-4H3,(H,10,11). The Morgan fingerprint density at radius 3 is 2.47 bits per heavy atom. The van der Waals surface area contributed by atoms with Gasteiger partial charge in [0.2, 0.25) is 10.0 Å². The Labute approximate surface area is 90.5 Å². The van der Waals surface area contributed by atoms with Crippen LogP contribution in [0.3, 0.4) is 0 Å². The molecule has 1 aromatic rings. The molecule has 86 valence electrons. The number of aromatic nitrogens is 2. The van der Waals surface area contributed by atoms with Crippen molar-refractivity contribution < 1.29 is 8.42 Å². The van der Waals surface area contributed by atoms with Crippen molar-refractivity contribution in [2.45, 2.75) is 32.1 Å². The van der Waals surface area contributed by atoms with E-state index >= 15 is 0 Å². The maximum absolute atomic E-state index is 12.0. The average Bonchev–Trinajstić information content (AvgIpc) is 2.54. The zero-order valence-corrected chi connectivity index (χ0v) is 10.3. The molecule has 1 N–H and O–H groups in total. The van der Waals surface area contributed by atoms with Crippen molar-refractivity contribution >= 4 is 10.0 Å². The summed E-state index contributed by atoms with van der Waals surface area (Å²) in [6, 6.07) is 0. The number of nitrogens with zero attached hydrogens (tertiary/aromatic N) is 2. The van der Waals surface area contributed by atoms with Gasteiger partial charge in [0.25, 0.3) is 0 Å². The van der Waals surface area contributed by atoms with Crippen molar-refractivity contribution in [3.05, 3.63) is 18.0 Å². The van der Waals surface area contributed by atoms with Crippen LogP contribution in [0.2, 0.25) is 0 Å². The number of H-pyrrole nitrogens is 1. The molecule has 5 nitrogen and oxygen atoms in total.